The van der Waals surface area contributed by atoms with E-state index in [1.807, 2.05) is 11.5 Å². The molecule has 9 heteroatoms. The van der Waals surface area contributed by atoms with E-state index >= 15 is 0 Å². The Morgan fingerprint density at radius 1 is 1.25 bits per heavy atom. The van der Waals surface area contributed by atoms with Gasteiger partial charge in [0.2, 0.25) is 11.7 Å². The van der Waals surface area contributed by atoms with E-state index in [0.29, 0.717) is 27.6 Å². The zero-order valence-corrected chi connectivity index (χ0v) is 15.7. The predicted molar refractivity (Wildman–Crippen MR) is 107 cm³/mol. The number of quaternary nitrogens is 1. The molecule has 3 rings (SSSR count). The molecule has 1 aliphatic heterocycles. The van der Waals surface area contributed by atoms with E-state index < -0.39 is 0 Å². The van der Waals surface area contributed by atoms with Crippen LogP contribution in [0.4, 0.5) is 11.5 Å². The number of nitrogens with zero attached hydrogens (tertiary/aromatic N) is 4. The fraction of sp³-hybridized carbons (Fsp3) is 0.105. The van der Waals surface area contributed by atoms with E-state index in [1.165, 1.54) is 18.7 Å². The maximum absolute atomic E-state index is 11.2. The number of amides is 1. The summed E-state index contributed by atoms with van der Waals surface area (Å²) in [5.74, 6) is 1.28. The highest BCUT2D eigenvalue weighted by atomic mass is 32.2. The number of nitrogens with one attached hydrogen (secondary N) is 1. The van der Waals surface area contributed by atoms with Crippen molar-refractivity contribution in [2.24, 2.45) is 4.99 Å². The van der Waals surface area contributed by atoms with Crippen LogP contribution in [-0.4, -0.2) is 22.5 Å². The quantitative estimate of drug-likeness (QED) is 0.661. The van der Waals surface area contributed by atoms with Crippen LogP contribution in [0.1, 0.15) is 18.1 Å². The third-order valence-corrected chi connectivity index (χ3v) is 4.89. The Morgan fingerprint density at radius 3 is 2.54 bits per heavy atom. The predicted octanol–water partition coefficient (Wildman–Crippen LogP) is 1.57. The minimum Gasteiger partial charge on any atom is -0.383 e. The van der Waals surface area contributed by atoms with E-state index in [2.05, 4.69) is 27.4 Å². The van der Waals surface area contributed by atoms with E-state index in [-0.39, 0.29) is 22.9 Å². The Labute approximate surface area is 165 Å². The van der Waals surface area contributed by atoms with Crippen molar-refractivity contribution in [3.05, 3.63) is 47.8 Å². The molecule has 0 aliphatic carbocycles. The zero-order chi connectivity index (χ0) is 20.1. The van der Waals surface area contributed by atoms with Crippen LogP contribution in [0.5, 0.6) is 0 Å². The molecular formula is C19H16N7OS+. The molecule has 0 saturated heterocycles. The third kappa shape index (κ3) is 4.01. The molecule has 1 aromatic carbocycles. The maximum atomic E-state index is 11.2. The molecule has 28 heavy (non-hydrogen) atoms. The molecule has 0 bridgehead atoms. The second kappa shape index (κ2) is 8.35. The number of anilines is 2. The van der Waals surface area contributed by atoms with Gasteiger partial charge in [-0.05, 0) is 17.7 Å². The number of amidine groups is 1. The lowest BCUT2D eigenvalue weighted by atomic mass is 9.96. The number of nitriles is 2. The Morgan fingerprint density at radius 2 is 1.96 bits per heavy atom. The molecule has 1 aliphatic rings. The van der Waals surface area contributed by atoms with Gasteiger partial charge < -0.3 is 11.1 Å². The van der Waals surface area contributed by atoms with Gasteiger partial charge in [-0.2, -0.15) is 10.5 Å². The number of aliphatic imine (C=N–C) groups is 1. The lowest BCUT2D eigenvalue weighted by Crippen LogP contribution is -2.81. The van der Waals surface area contributed by atoms with Gasteiger partial charge in [0.25, 0.3) is 0 Å². The van der Waals surface area contributed by atoms with E-state index in [1.54, 1.807) is 30.5 Å². The van der Waals surface area contributed by atoms with Crippen molar-refractivity contribution in [3.63, 3.8) is 0 Å². The number of pyridine rings is 1. The fourth-order valence-corrected chi connectivity index (χ4v) is 3.59. The summed E-state index contributed by atoms with van der Waals surface area (Å²) >= 11 is 1.34. The Kier molecular flexibility index (Phi) is 5.70. The third-order valence-electron chi connectivity index (χ3n) is 3.88. The first-order chi connectivity index (χ1) is 13.5. The summed E-state index contributed by atoms with van der Waals surface area (Å²) < 4.78 is 0. The number of nitrogen functional groups attached to an aromatic ring is 1. The van der Waals surface area contributed by atoms with Gasteiger partial charge in [-0.25, -0.2) is 9.98 Å². The zero-order valence-electron chi connectivity index (χ0n) is 14.9. The van der Waals surface area contributed by atoms with Crippen molar-refractivity contribution in [3.8, 4) is 23.3 Å². The van der Waals surface area contributed by atoms with Crippen molar-refractivity contribution < 1.29 is 10.1 Å². The Bertz CT molecular complexity index is 1080. The number of carbonyl (C=O) groups is 1. The van der Waals surface area contributed by atoms with Gasteiger partial charge in [-0.1, -0.05) is 23.9 Å². The first kappa shape index (κ1) is 19.1. The smallest absolute Gasteiger partial charge is 0.221 e. The van der Waals surface area contributed by atoms with E-state index in [9.17, 15) is 15.3 Å². The molecule has 138 valence electrons. The molecule has 0 spiro atoms. The number of nitrogens with two attached hydrogens (primary N) is 2. The molecular weight excluding hydrogens is 374 g/mol. The van der Waals surface area contributed by atoms with Gasteiger partial charge >= 0.3 is 0 Å². The first-order valence-corrected chi connectivity index (χ1v) is 9.23. The number of aromatic nitrogens is 1. The number of thioether (sulfide) groups is 1. The van der Waals surface area contributed by atoms with Gasteiger partial charge in [0, 0.05) is 18.2 Å². The second-order valence-electron chi connectivity index (χ2n) is 5.83. The van der Waals surface area contributed by atoms with Crippen molar-refractivity contribution in [2.45, 2.75) is 11.9 Å². The van der Waals surface area contributed by atoms with Crippen LogP contribution in [0, 0.1) is 22.7 Å². The van der Waals surface area contributed by atoms with Crippen molar-refractivity contribution >= 4 is 35.0 Å². The maximum Gasteiger partial charge on any atom is 0.221 e. The summed E-state index contributed by atoms with van der Waals surface area (Å²) in [6.07, 6.45) is 3.54. The van der Waals surface area contributed by atoms with Crippen LogP contribution in [0.15, 0.2) is 46.7 Å². The standard InChI is InChI=1S/C19H15N7OS/c1-11(27)25-13-4-2-12(3-5-13)17-14(8-20)18(22)26-19(15(17)9-21)28-10-16-23-6-7-24-16/h2-7H,10H2,1H3,(H2,22,26)(H,23,24)(H,25,27)/p+1. The molecule has 0 radical (unpaired) electrons. The lowest BCUT2D eigenvalue weighted by Gasteiger charge is -2.13. The summed E-state index contributed by atoms with van der Waals surface area (Å²) in [7, 11) is 0. The highest BCUT2D eigenvalue weighted by Crippen LogP contribution is 2.36. The number of rotatable bonds is 5. The number of hydrogen-bond acceptors (Lipinski definition) is 7. The molecule has 0 unspecified atom stereocenters. The summed E-state index contributed by atoms with van der Waals surface area (Å²) in [5, 5.41) is 24.4. The lowest BCUT2D eigenvalue weighted by molar-refractivity contribution is -0.458. The molecule has 2 aromatic rings. The average molecular weight is 390 g/mol. The van der Waals surface area contributed by atoms with Crippen LogP contribution in [0.25, 0.3) is 11.1 Å². The SMILES string of the molecule is CC(=O)Nc1ccc(-c2c(C#N)c(N)nc(SCC3=NC=C[NH2+]3)c2C#N)cc1. The number of hydrogen-bond donors (Lipinski definition) is 3. The minimum atomic E-state index is -0.184. The van der Waals surface area contributed by atoms with E-state index in [4.69, 9.17) is 5.73 Å². The summed E-state index contributed by atoms with van der Waals surface area (Å²) in [4.78, 5) is 19.7. The highest BCUT2D eigenvalue weighted by molar-refractivity contribution is 8.00. The first-order valence-electron chi connectivity index (χ1n) is 8.24. The summed E-state index contributed by atoms with van der Waals surface area (Å²) in [6, 6.07) is 11.1. The largest absolute Gasteiger partial charge is 0.383 e. The van der Waals surface area contributed by atoms with Gasteiger partial charge in [0.05, 0.1) is 17.5 Å². The molecule has 2 heterocycles. The molecule has 1 amide bonds. The summed E-state index contributed by atoms with van der Waals surface area (Å²) in [5.41, 5.74) is 8.14. The normalized spacial score (nSPS) is 12.2. The van der Waals surface area contributed by atoms with Crippen LogP contribution < -0.4 is 16.4 Å². The molecule has 8 nitrogen and oxygen atoms in total. The fourth-order valence-electron chi connectivity index (χ4n) is 2.68. The van der Waals surface area contributed by atoms with Crippen LogP contribution >= 0.6 is 11.8 Å². The minimum absolute atomic E-state index is 0.0698. The van der Waals surface area contributed by atoms with Gasteiger partial charge in [-0.3, -0.25) is 10.1 Å². The van der Waals surface area contributed by atoms with Gasteiger partial charge in [-0.15, -0.1) is 0 Å². The average Bonchev–Trinajstić information content (AvgIpc) is 3.19. The van der Waals surface area contributed by atoms with Crippen LogP contribution in [-0.2, 0) is 4.79 Å². The Balaban J connectivity index is 2.04. The molecule has 0 atom stereocenters. The monoisotopic (exact) mass is 390 g/mol. The summed E-state index contributed by atoms with van der Waals surface area (Å²) in [6.45, 7) is 1.42. The highest BCUT2D eigenvalue weighted by Gasteiger charge is 2.21. The van der Waals surface area contributed by atoms with Gasteiger partial charge in [0.1, 0.15) is 34.7 Å². The van der Waals surface area contributed by atoms with Crippen molar-refractivity contribution in [1.82, 2.24) is 4.98 Å². The van der Waals surface area contributed by atoms with E-state index in [0.717, 1.165) is 5.84 Å². The topological polar surface area (TPSA) is 145 Å². The second-order valence-corrected chi connectivity index (χ2v) is 6.79. The number of carbonyl (C=O) groups excluding carboxylic acids is 1. The van der Waals surface area contributed by atoms with Gasteiger partial charge in [0.15, 0.2) is 0 Å². The molecule has 0 fully saturated rings. The molecule has 1 aromatic heterocycles. The van der Waals surface area contributed by atoms with Crippen molar-refractivity contribution in [2.75, 3.05) is 16.8 Å². The molecule has 5 N–H and O–H groups in total. The Hall–Kier alpha value is -3.66. The molecule has 0 saturated carbocycles. The van der Waals surface area contributed by atoms with Crippen molar-refractivity contribution in [1.29, 1.82) is 10.5 Å². The van der Waals surface area contributed by atoms with Crippen LogP contribution in [0.2, 0.25) is 0 Å². The van der Waals surface area contributed by atoms with Crippen LogP contribution in [0.3, 0.4) is 0 Å². The number of benzene rings is 1.